The first-order chi connectivity index (χ1) is 21.7. The molecule has 5 aromatic rings. The van der Waals surface area contributed by atoms with Crippen LogP contribution in [0, 0.1) is 0 Å². The Kier molecular flexibility index (Phi) is 7.35. The second kappa shape index (κ2) is 11.4. The van der Waals surface area contributed by atoms with Crippen molar-refractivity contribution in [1.82, 2.24) is 4.98 Å². The van der Waals surface area contributed by atoms with Crippen LogP contribution in [0.3, 0.4) is 0 Å². The van der Waals surface area contributed by atoms with Gasteiger partial charge in [0.2, 0.25) is 5.88 Å². The minimum atomic E-state index is 0.130. The fourth-order valence-corrected chi connectivity index (χ4v) is 6.98. The van der Waals surface area contributed by atoms with Gasteiger partial charge in [0.05, 0.1) is 17.8 Å². The Balaban J connectivity index is 1.36. The molecule has 0 amide bonds. The minimum absolute atomic E-state index is 0.130. The van der Waals surface area contributed by atoms with Crippen molar-refractivity contribution in [2.75, 3.05) is 4.90 Å². The van der Waals surface area contributed by atoms with E-state index in [0.29, 0.717) is 34.9 Å². The van der Waals surface area contributed by atoms with Crippen molar-refractivity contribution in [3.8, 4) is 17.4 Å². The first-order valence-electron chi connectivity index (χ1n) is 16.2. The second-order valence-electron chi connectivity index (χ2n) is 13.4. The van der Waals surface area contributed by atoms with Crippen LogP contribution in [0.2, 0.25) is 0 Å². The van der Waals surface area contributed by atoms with Crippen molar-refractivity contribution in [3.63, 3.8) is 0 Å². The van der Waals surface area contributed by atoms with E-state index < -0.39 is 0 Å². The van der Waals surface area contributed by atoms with Crippen molar-refractivity contribution >= 4 is 22.4 Å². The molecule has 0 fully saturated rings. The largest absolute Gasteiger partial charge is 0.506 e. The molecule has 2 aliphatic rings. The monoisotopic (exact) mass is 595 g/mol. The number of phenols is 1. The average Bonchev–Trinajstić information content (AvgIpc) is 3.57. The molecule has 1 aliphatic heterocycles. The maximum absolute atomic E-state index is 10.4. The molecule has 4 aromatic carbocycles. The molecule has 0 bridgehead atoms. The van der Waals surface area contributed by atoms with Crippen LogP contribution < -0.4 is 9.64 Å². The summed E-state index contributed by atoms with van der Waals surface area (Å²) in [6.45, 7) is 13.8. The Hall–Kier alpha value is -4.64. The first-order valence-corrected chi connectivity index (χ1v) is 16.2. The van der Waals surface area contributed by atoms with Gasteiger partial charge in [0.1, 0.15) is 22.9 Å². The number of hydrogen-bond acceptors (Lipinski definition) is 5. The molecule has 0 saturated heterocycles. The van der Waals surface area contributed by atoms with Gasteiger partial charge in [-0.05, 0) is 76.3 Å². The van der Waals surface area contributed by atoms with Crippen LogP contribution in [0.4, 0.5) is 5.69 Å². The topological polar surface area (TPSA) is 58.0 Å². The van der Waals surface area contributed by atoms with Gasteiger partial charge in [-0.1, -0.05) is 102 Å². The maximum atomic E-state index is 10.4. The van der Waals surface area contributed by atoms with Crippen LogP contribution in [0.5, 0.6) is 17.4 Å². The van der Waals surface area contributed by atoms with Gasteiger partial charge in [-0.3, -0.25) is 4.99 Å². The number of aliphatic imine (C=N–C) groups is 1. The lowest BCUT2D eigenvalue weighted by atomic mass is 9.86. The van der Waals surface area contributed by atoms with E-state index in [1.54, 1.807) is 6.07 Å². The predicted octanol–water partition coefficient (Wildman–Crippen LogP) is 10.0. The summed E-state index contributed by atoms with van der Waals surface area (Å²) in [5.74, 6) is 3.37. The van der Waals surface area contributed by atoms with Crippen LogP contribution in [0.1, 0.15) is 98.7 Å². The molecule has 7 rings (SSSR count). The zero-order valence-corrected chi connectivity index (χ0v) is 27.0. The van der Waals surface area contributed by atoms with Crippen LogP contribution in [-0.2, 0) is 6.42 Å². The summed E-state index contributed by atoms with van der Waals surface area (Å²) in [6, 6.07) is 31.3. The summed E-state index contributed by atoms with van der Waals surface area (Å²) in [4.78, 5) is 12.6. The zero-order chi connectivity index (χ0) is 31.4. The smallest absolute Gasteiger partial charge is 0.219 e. The van der Waals surface area contributed by atoms with E-state index >= 15 is 0 Å². The predicted molar refractivity (Wildman–Crippen MR) is 184 cm³/mol. The molecule has 45 heavy (non-hydrogen) atoms. The van der Waals surface area contributed by atoms with Gasteiger partial charge in [0.15, 0.2) is 0 Å². The van der Waals surface area contributed by atoms with E-state index in [2.05, 4.69) is 100.0 Å². The van der Waals surface area contributed by atoms with E-state index in [4.69, 9.17) is 9.73 Å². The molecule has 228 valence electrons. The van der Waals surface area contributed by atoms with Gasteiger partial charge in [-0.15, -0.1) is 0 Å². The lowest BCUT2D eigenvalue weighted by Crippen LogP contribution is -2.34. The summed E-state index contributed by atoms with van der Waals surface area (Å²) in [5, 5.41) is 11.2. The van der Waals surface area contributed by atoms with E-state index in [0.717, 1.165) is 23.2 Å². The van der Waals surface area contributed by atoms with Crippen molar-refractivity contribution < 1.29 is 9.84 Å². The van der Waals surface area contributed by atoms with Gasteiger partial charge in [0, 0.05) is 17.0 Å². The standard InChI is InChI=1S/C40H41N3O2/c1-23(2)29-20-32(24(3)4)38(33(21-29)25(5)6)43-39-31-15-8-7-11-27(31)22-34(39)41-40(43)28-13-9-14-30(19-28)45-36-18-17-26-12-10-16-35(44)37(26)42-36/h7-21,23-25,34,39,44H,22H2,1-6H3/t34-,39+/m0/s1. The fourth-order valence-electron chi connectivity index (χ4n) is 6.98. The van der Waals surface area contributed by atoms with Crippen molar-refractivity contribution in [2.24, 2.45) is 4.99 Å². The quantitative estimate of drug-likeness (QED) is 0.203. The number of hydrogen-bond donors (Lipinski definition) is 1. The summed E-state index contributed by atoms with van der Waals surface area (Å²) < 4.78 is 6.30. The van der Waals surface area contributed by atoms with Crippen molar-refractivity contribution in [2.45, 2.75) is 77.8 Å². The lowest BCUT2D eigenvalue weighted by Gasteiger charge is -2.35. The molecule has 2 atom stereocenters. The molecular weight excluding hydrogens is 554 g/mol. The molecular formula is C40H41N3O2. The summed E-state index contributed by atoms with van der Waals surface area (Å²) in [6.07, 6.45) is 0.930. The van der Waals surface area contributed by atoms with Gasteiger partial charge >= 0.3 is 0 Å². The Morgan fingerprint density at radius 2 is 1.51 bits per heavy atom. The van der Waals surface area contributed by atoms with Gasteiger partial charge in [-0.2, -0.15) is 0 Å². The zero-order valence-electron chi connectivity index (χ0n) is 27.0. The SMILES string of the molecule is CC(C)c1cc(C(C)C)c(N2C(c3cccc(Oc4ccc5cccc(O)c5n4)c3)=N[C@H]3Cc4ccccc4[C@H]32)c(C(C)C)c1. The van der Waals surface area contributed by atoms with Gasteiger partial charge in [0.25, 0.3) is 0 Å². The number of benzene rings is 4. The van der Waals surface area contributed by atoms with Crippen LogP contribution in [0.15, 0.2) is 96.0 Å². The number of amidine groups is 1. The highest BCUT2D eigenvalue weighted by Crippen LogP contribution is 2.49. The molecule has 1 aliphatic carbocycles. The Morgan fingerprint density at radius 1 is 0.778 bits per heavy atom. The highest BCUT2D eigenvalue weighted by atomic mass is 16.5. The first kappa shape index (κ1) is 29.1. The number of rotatable bonds is 7. The molecule has 1 N–H and O–H groups in total. The van der Waals surface area contributed by atoms with Crippen LogP contribution >= 0.6 is 0 Å². The van der Waals surface area contributed by atoms with E-state index in [1.165, 1.54) is 33.5 Å². The van der Waals surface area contributed by atoms with E-state index in [-0.39, 0.29) is 17.8 Å². The van der Waals surface area contributed by atoms with E-state index in [9.17, 15) is 5.11 Å². The molecule has 1 aromatic heterocycles. The van der Waals surface area contributed by atoms with Gasteiger partial charge < -0.3 is 14.7 Å². The van der Waals surface area contributed by atoms with Gasteiger partial charge in [-0.25, -0.2) is 4.98 Å². The normalized spacial score (nSPS) is 17.4. The average molecular weight is 596 g/mol. The van der Waals surface area contributed by atoms with Crippen LogP contribution in [-0.4, -0.2) is 22.0 Å². The minimum Gasteiger partial charge on any atom is -0.506 e. The number of phenolic OH excluding ortho intramolecular Hbond substituents is 1. The molecule has 0 unspecified atom stereocenters. The molecule has 5 nitrogen and oxygen atoms in total. The summed E-state index contributed by atoms with van der Waals surface area (Å²) in [7, 11) is 0. The number of nitrogens with zero attached hydrogens (tertiary/aromatic N) is 3. The van der Waals surface area contributed by atoms with Crippen molar-refractivity contribution in [3.05, 3.63) is 124 Å². The summed E-state index contributed by atoms with van der Waals surface area (Å²) >= 11 is 0. The highest BCUT2D eigenvalue weighted by molar-refractivity contribution is 6.13. The molecule has 2 heterocycles. The Bertz CT molecular complexity index is 1910. The molecule has 5 heteroatoms. The number of anilines is 1. The number of para-hydroxylation sites is 1. The third kappa shape index (κ3) is 5.14. The molecule has 0 radical (unpaired) electrons. The lowest BCUT2D eigenvalue weighted by molar-refractivity contribution is 0.460. The third-order valence-electron chi connectivity index (χ3n) is 9.29. The Morgan fingerprint density at radius 3 is 2.24 bits per heavy atom. The third-order valence-corrected chi connectivity index (χ3v) is 9.29. The summed E-state index contributed by atoms with van der Waals surface area (Å²) in [5.41, 5.74) is 9.72. The highest BCUT2D eigenvalue weighted by Gasteiger charge is 2.45. The number of aromatic nitrogens is 1. The fraction of sp³-hybridized carbons (Fsp3) is 0.300. The van der Waals surface area contributed by atoms with Crippen molar-refractivity contribution in [1.29, 1.82) is 0 Å². The molecule has 0 saturated carbocycles. The number of ether oxygens (including phenoxy) is 1. The number of fused-ring (bicyclic) bond motifs is 4. The Labute approximate surface area is 266 Å². The number of pyridine rings is 1. The maximum Gasteiger partial charge on any atom is 0.219 e. The number of aromatic hydroxyl groups is 1. The van der Waals surface area contributed by atoms with E-state index in [1.807, 2.05) is 36.4 Å². The van der Waals surface area contributed by atoms with Crippen LogP contribution in [0.25, 0.3) is 10.9 Å². The second-order valence-corrected chi connectivity index (χ2v) is 13.4. The molecule has 0 spiro atoms.